The van der Waals surface area contributed by atoms with Crippen LogP contribution in [0, 0.1) is 0 Å². The van der Waals surface area contributed by atoms with Crippen LogP contribution < -0.4 is 11.1 Å². The fourth-order valence-electron chi connectivity index (χ4n) is 6.55. The van der Waals surface area contributed by atoms with E-state index in [4.69, 9.17) is 19.2 Å². The monoisotopic (exact) mass is 610 g/mol. The zero-order chi connectivity index (χ0) is 30.5. The third-order valence-electron chi connectivity index (χ3n) is 8.64. The number of ether oxygens (including phenoxy) is 3. The minimum Gasteiger partial charge on any atom is -0.492 e. The number of H-pyrrole nitrogens is 1. The molecular weight excluding hydrogens is 564 g/mol. The second-order valence-electron chi connectivity index (χ2n) is 11.6. The molecule has 2 saturated heterocycles. The van der Waals surface area contributed by atoms with Crippen molar-refractivity contribution in [3.05, 3.63) is 71.7 Å². The summed E-state index contributed by atoms with van der Waals surface area (Å²) in [7, 11) is 1.76. The van der Waals surface area contributed by atoms with Gasteiger partial charge < -0.3 is 19.2 Å². The van der Waals surface area contributed by atoms with Gasteiger partial charge in [0.05, 0.1) is 36.3 Å². The summed E-state index contributed by atoms with van der Waals surface area (Å²) >= 11 is 1.43. The molecule has 2 aromatic heterocycles. The van der Waals surface area contributed by atoms with Crippen LogP contribution in [0.5, 0.6) is 0 Å². The number of nitrogens with one attached hydrogen (secondary N) is 1. The van der Waals surface area contributed by atoms with Gasteiger partial charge in [0.2, 0.25) is 0 Å². The number of hydrogen-bond acceptors (Lipinski definition) is 8. The third-order valence-corrected chi connectivity index (χ3v) is 9.98. The number of aryl methyl sites for hydroxylation is 1. The van der Waals surface area contributed by atoms with Gasteiger partial charge in [-0.05, 0) is 50.5 Å². The van der Waals surface area contributed by atoms with E-state index in [1.807, 2.05) is 39.8 Å². The number of hydrogen-bond donors (Lipinski definition) is 1. The molecule has 6 rings (SSSR count). The summed E-state index contributed by atoms with van der Waals surface area (Å²) in [5.41, 5.74) is 3.40. The molecule has 9 nitrogen and oxygen atoms in total. The van der Waals surface area contributed by atoms with E-state index in [1.165, 1.54) is 24.4 Å². The van der Waals surface area contributed by atoms with E-state index >= 15 is 0 Å². The van der Waals surface area contributed by atoms with Crippen LogP contribution in [-0.4, -0.2) is 70.5 Å². The van der Waals surface area contributed by atoms with Crippen LogP contribution in [0.2, 0.25) is 0 Å². The summed E-state index contributed by atoms with van der Waals surface area (Å²) in [5.74, 6) is 0.511. The first-order chi connectivity index (χ1) is 20.9. The lowest BCUT2D eigenvalue weighted by Crippen LogP contribution is -2.43. The number of allylic oxidation sites excluding steroid dienone is 2. The van der Waals surface area contributed by atoms with E-state index < -0.39 is 0 Å². The molecule has 5 heterocycles. The van der Waals surface area contributed by atoms with Crippen molar-refractivity contribution in [1.29, 1.82) is 0 Å². The third kappa shape index (κ3) is 6.98. The normalized spacial score (nSPS) is 25.6. The van der Waals surface area contributed by atoms with Gasteiger partial charge in [-0.25, -0.2) is 4.98 Å². The molecule has 4 atom stereocenters. The van der Waals surface area contributed by atoms with E-state index in [0.29, 0.717) is 43.5 Å². The highest BCUT2D eigenvalue weighted by atomic mass is 32.1. The van der Waals surface area contributed by atoms with Gasteiger partial charge in [-0.1, -0.05) is 50.9 Å². The van der Waals surface area contributed by atoms with E-state index in [9.17, 15) is 9.59 Å². The Morgan fingerprint density at radius 2 is 2.00 bits per heavy atom. The zero-order valence-corrected chi connectivity index (χ0v) is 27.0. The van der Waals surface area contributed by atoms with Crippen molar-refractivity contribution >= 4 is 23.7 Å². The fourth-order valence-corrected chi connectivity index (χ4v) is 7.69. The number of nitrogens with zero attached hydrogens (tertiary/aromatic N) is 3. The second-order valence-corrected chi connectivity index (χ2v) is 12.7. The molecule has 4 unspecified atom stereocenters. The number of fused-ring (bicyclic) bond motifs is 6. The molecule has 2 fully saturated rings. The van der Waals surface area contributed by atoms with Crippen LogP contribution in [0.4, 0.5) is 0 Å². The highest BCUT2D eigenvalue weighted by Gasteiger charge is 2.31. The van der Waals surface area contributed by atoms with Crippen LogP contribution in [0.3, 0.4) is 0 Å². The Morgan fingerprint density at radius 3 is 2.79 bits per heavy atom. The highest BCUT2D eigenvalue weighted by molar-refractivity contribution is 7.06. The Hall–Kier alpha value is -2.79. The van der Waals surface area contributed by atoms with Crippen molar-refractivity contribution in [1.82, 2.24) is 18.8 Å². The van der Waals surface area contributed by atoms with Gasteiger partial charge in [-0.3, -0.25) is 18.4 Å². The molecule has 234 valence electrons. The smallest absolute Gasteiger partial charge is 0.270 e. The van der Waals surface area contributed by atoms with Gasteiger partial charge in [0.1, 0.15) is 17.6 Å². The number of aromatic nitrogens is 3. The maximum atomic E-state index is 13.5. The molecule has 10 heteroatoms. The van der Waals surface area contributed by atoms with E-state index in [-0.39, 0.29) is 29.2 Å². The maximum absolute atomic E-state index is 13.5. The van der Waals surface area contributed by atoms with Crippen molar-refractivity contribution in [3.63, 3.8) is 0 Å². The average molecular weight is 611 g/mol. The van der Waals surface area contributed by atoms with Gasteiger partial charge in [-0.15, -0.1) is 0 Å². The number of aromatic amines is 1. The second kappa shape index (κ2) is 14.3. The first-order valence-corrected chi connectivity index (χ1v) is 16.6. The summed E-state index contributed by atoms with van der Waals surface area (Å²) < 4.78 is 20.0. The Bertz CT molecular complexity index is 1480. The molecule has 3 aliphatic heterocycles. The molecule has 0 aromatic carbocycles. The predicted molar refractivity (Wildman–Crippen MR) is 172 cm³/mol. The van der Waals surface area contributed by atoms with Crippen molar-refractivity contribution < 1.29 is 14.2 Å². The van der Waals surface area contributed by atoms with Crippen molar-refractivity contribution in [2.75, 3.05) is 33.4 Å². The molecule has 0 saturated carbocycles. The zero-order valence-electron chi connectivity index (χ0n) is 26.2. The summed E-state index contributed by atoms with van der Waals surface area (Å²) in [6, 6.07) is 0.371. The highest BCUT2D eigenvalue weighted by Crippen LogP contribution is 2.32. The molecule has 43 heavy (non-hydrogen) atoms. The van der Waals surface area contributed by atoms with Crippen LogP contribution in [0.25, 0.3) is 12.2 Å². The van der Waals surface area contributed by atoms with Crippen LogP contribution >= 0.6 is 11.5 Å². The Balaban J connectivity index is 0.00000180. The van der Waals surface area contributed by atoms with E-state index in [2.05, 4.69) is 22.0 Å². The molecule has 4 aliphatic rings. The molecule has 0 amide bonds. The molecule has 7 bridgehead atoms. The van der Waals surface area contributed by atoms with Crippen molar-refractivity contribution in [2.24, 2.45) is 0 Å². The molecule has 1 aliphatic carbocycles. The topological polar surface area (TPSA) is 98.7 Å². The summed E-state index contributed by atoms with van der Waals surface area (Å²) in [6.07, 6.45) is 13.4. The summed E-state index contributed by atoms with van der Waals surface area (Å²) in [6.45, 7) is 11.4. The lowest BCUT2D eigenvalue weighted by atomic mass is 10.0. The van der Waals surface area contributed by atoms with Gasteiger partial charge in [0.15, 0.2) is 0 Å². The molecule has 2 aromatic rings. The van der Waals surface area contributed by atoms with Gasteiger partial charge in [-0.2, -0.15) is 0 Å². The number of rotatable bonds is 5. The molecule has 0 radical (unpaired) electrons. The first-order valence-electron chi connectivity index (χ1n) is 15.9. The summed E-state index contributed by atoms with van der Waals surface area (Å²) in [4.78, 5) is 38.3. The van der Waals surface area contributed by atoms with Gasteiger partial charge in [0, 0.05) is 49.9 Å². The lowest BCUT2D eigenvalue weighted by molar-refractivity contribution is 0.0667. The molecular formula is C33H46N4O5S. The Morgan fingerprint density at radius 1 is 1.16 bits per heavy atom. The molecule has 1 N–H and O–H groups in total. The summed E-state index contributed by atoms with van der Waals surface area (Å²) in [5, 5.41) is 0. The van der Waals surface area contributed by atoms with E-state index in [0.717, 1.165) is 59.9 Å². The maximum Gasteiger partial charge on any atom is 0.270 e. The lowest BCUT2D eigenvalue weighted by Gasteiger charge is -2.35. The van der Waals surface area contributed by atoms with Crippen molar-refractivity contribution in [3.8, 4) is 0 Å². The van der Waals surface area contributed by atoms with Crippen LogP contribution in [-0.2, 0) is 27.2 Å². The fraction of sp³-hybridized carbons (Fsp3) is 0.606. The largest absolute Gasteiger partial charge is 0.492 e. The van der Waals surface area contributed by atoms with Crippen LogP contribution in [0.1, 0.15) is 93.2 Å². The van der Waals surface area contributed by atoms with Crippen molar-refractivity contribution in [2.45, 2.75) is 96.9 Å². The predicted octanol–water partition coefficient (Wildman–Crippen LogP) is 5.11. The minimum atomic E-state index is -0.338. The average Bonchev–Trinajstić information content (AvgIpc) is 3.53. The van der Waals surface area contributed by atoms with Gasteiger partial charge in [0.25, 0.3) is 11.1 Å². The number of likely N-dealkylation sites (tertiary alicyclic amines) is 1. The van der Waals surface area contributed by atoms with Gasteiger partial charge >= 0.3 is 0 Å². The standard InChI is InChI=1S/C31H40N4O5S.C2H6/c1-4-7-25-29-19(2)28-30(36)33-26-13-20(16-34-10-6-5-8-21(34)17-38-3)12-23(15-27(26)32-28)40-24-14-22(39-18-24)9-11-35(41-29)31(25)37;1-2/h4,7,12-13,19,21-22,24H,5-6,8-11,14-18H2,1-3H3,(H,33,36);1-2H3/b7-4-;. The number of piperidine rings is 1. The molecule has 0 spiro atoms. The Labute approximate surface area is 258 Å². The Kier molecular flexibility index (Phi) is 10.5. The minimum absolute atomic E-state index is 0.0266. The SMILES string of the molecule is C/C=C\c1c2sn(c1=O)CCC1CC(CO1)OC1=CC(CN3CCCCC3COC)=Cc3[nH]c(=O)c(nc3C1)C2C.CC. The van der Waals surface area contributed by atoms with Crippen LogP contribution in [0.15, 0.2) is 33.1 Å². The first kappa shape index (κ1) is 31.6. The number of methoxy groups -OCH3 is 1. The van der Waals surface area contributed by atoms with E-state index in [1.54, 1.807) is 11.1 Å². The quantitative estimate of drug-likeness (QED) is 0.503.